The number of anilines is 1. The van der Waals surface area contributed by atoms with Gasteiger partial charge in [0.15, 0.2) is 6.61 Å². The molecule has 1 aromatic rings. The summed E-state index contributed by atoms with van der Waals surface area (Å²) in [6.45, 7) is 0.0225. The van der Waals surface area contributed by atoms with Gasteiger partial charge in [0, 0.05) is 11.3 Å². The molecule has 2 unspecified atom stereocenters. The average Bonchev–Trinajstić information content (AvgIpc) is 2.46. The molecule has 0 spiro atoms. The molecule has 1 fully saturated rings. The van der Waals surface area contributed by atoms with Crippen LogP contribution in [0.2, 0.25) is 0 Å². The Bertz CT molecular complexity index is 453. The minimum Gasteiger partial charge on any atom is -0.482 e. The lowest BCUT2D eigenvalue weighted by atomic mass is 9.95. The lowest BCUT2D eigenvalue weighted by Crippen LogP contribution is -2.41. The van der Waals surface area contributed by atoms with E-state index in [1.807, 2.05) is 23.9 Å². The van der Waals surface area contributed by atoms with Crippen molar-refractivity contribution in [3.63, 3.8) is 0 Å². The van der Waals surface area contributed by atoms with Gasteiger partial charge in [-0.2, -0.15) is 11.8 Å². The lowest BCUT2D eigenvalue weighted by molar-refractivity contribution is -0.124. The van der Waals surface area contributed by atoms with Gasteiger partial charge in [-0.1, -0.05) is 18.6 Å². The van der Waals surface area contributed by atoms with E-state index in [-0.39, 0.29) is 18.6 Å². The van der Waals surface area contributed by atoms with E-state index in [1.54, 1.807) is 12.1 Å². The van der Waals surface area contributed by atoms with E-state index in [4.69, 9.17) is 10.5 Å². The summed E-state index contributed by atoms with van der Waals surface area (Å²) in [6, 6.07) is 7.50. The van der Waals surface area contributed by atoms with E-state index in [0.717, 1.165) is 12.8 Å². The van der Waals surface area contributed by atoms with Crippen LogP contribution in [0, 0.1) is 0 Å². The minimum atomic E-state index is -0.0694. The summed E-state index contributed by atoms with van der Waals surface area (Å²) in [5.41, 5.74) is 6.32. The molecule has 110 valence electrons. The molecule has 1 aromatic carbocycles. The molecule has 2 atom stereocenters. The second-order valence-electron chi connectivity index (χ2n) is 5.12. The van der Waals surface area contributed by atoms with Crippen molar-refractivity contribution in [1.29, 1.82) is 0 Å². The number of hydrogen-bond acceptors (Lipinski definition) is 4. The van der Waals surface area contributed by atoms with Gasteiger partial charge >= 0.3 is 0 Å². The highest BCUT2D eigenvalue weighted by molar-refractivity contribution is 7.99. The first kappa shape index (κ1) is 15.0. The van der Waals surface area contributed by atoms with Crippen molar-refractivity contribution in [2.75, 3.05) is 18.6 Å². The van der Waals surface area contributed by atoms with Crippen LogP contribution in [-0.2, 0) is 4.79 Å². The predicted molar refractivity (Wildman–Crippen MR) is 84.1 cm³/mol. The Hall–Kier alpha value is -1.36. The number of nitrogen functional groups attached to an aromatic ring is 1. The fourth-order valence-electron chi connectivity index (χ4n) is 2.51. The smallest absolute Gasteiger partial charge is 0.258 e. The lowest BCUT2D eigenvalue weighted by Gasteiger charge is -2.28. The Balaban J connectivity index is 1.77. The van der Waals surface area contributed by atoms with Crippen LogP contribution in [0.25, 0.3) is 0 Å². The van der Waals surface area contributed by atoms with Crippen molar-refractivity contribution < 1.29 is 9.53 Å². The summed E-state index contributed by atoms with van der Waals surface area (Å²) in [5, 5.41) is 3.72. The van der Waals surface area contributed by atoms with Crippen LogP contribution in [0.15, 0.2) is 24.3 Å². The third-order valence-corrected chi connectivity index (χ3v) is 4.70. The first-order valence-electron chi connectivity index (χ1n) is 6.98. The fourth-order valence-corrected chi connectivity index (χ4v) is 3.34. The van der Waals surface area contributed by atoms with Gasteiger partial charge in [0.25, 0.3) is 5.91 Å². The Morgan fingerprint density at radius 1 is 1.45 bits per heavy atom. The third kappa shape index (κ3) is 4.34. The molecular weight excluding hydrogens is 272 g/mol. The highest BCUT2D eigenvalue weighted by Crippen LogP contribution is 2.26. The van der Waals surface area contributed by atoms with Crippen molar-refractivity contribution >= 4 is 23.4 Å². The van der Waals surface area contributed by atoms with Gasteiger partial charge in [-0.3, -0.25) is 4.79 Å². The summed E-state index contributed by atoms with van der Waals surface area (Å²) >= 11 is 1.89. The van der Waals surface area contributed by atoms with Gasteiger partial charge < -0.3 is 15.8 Å². The number of rotatable bonds is 5. The average molecular weight is 294 g/mol. The number of carbonyl (C=O) groups is 1. The van der Waals surface area contributed by atoms with Gasteiger partial charge in [0.1, 0.15) is 5.75 Å². The summed E-state index contributed by atoms with van der Waals surface area (Å²) in [7, 11) is 0. The van der Waals surface area contributed by atoms with Crippen molar-refractivity contribution in [3.05, 3.63) is 24.3 Å². The molecule has 0 aliphatic heterocycles. The number of amides is 1. The number of nitrogens with two attached hydrogens (primary N) is 1. The van der Waals surface area contributed by atoms with E-state index in [1.165, 1.54) is 12.8 Å². The summed E-state index contributed by atoms with van der Waals surface area (Å²) < 4.78 is 5.45. The molecule has 0 radical (unpaired) electrons. The number of thioether (sulfide) groups is 1. The maximum atomic E-state index is 11.9. The molecule has 20 heavy (non-hydrogen) atoms. The molecule has 0 bridgehead atoms. The molecule has 3 N–H and O–H groups in total. The van der Waals surface area contributed by atoms with Crippen LogP contribution in [0.4, 0.5) is 5.69 Å². The largest absolute Gasteiger partial charge is 0.482 e. The quantitative estimate of drug-likeness (QED) is 0.819. The van der Waals surface area contributed by atoms with Gasteiger partial charge in [0.05, 0.1) is 5.69 Å². The van der Waals surface area contributed by atoms with Crippen LogP contribution >= 0.6 is 11.8 Å². The van der Waals surface area contributed by atoms with Gasteiger partial charge in [-0.25, -0.2) is 0 Å². The summed E-state index contributed by atoms with van der Waals surface area (Å²) in [6.07, 6.45) is 6.69. The number of ether oxygens (including phenoxy) is 1. The zero-order valence-electron chi connectivity index (χ0n) is 11.8. The number of hydrogen-bond donors (Lipinski definition) is 2. The van der Waals surface area contributed by atoms with E-state index < -0.39 is 0 Å². The number of benzene rings is 1. The van der Waals surface area contributed by atoms with Crippen molar-refractivity contribution in [2.45, 2.75) is 37.0 Å². The number of para-hydroxylation sites is 2. The van der Waals surface area contributed by atoms with E-state index in [0.29, 0.717) is 16.7 Å². The molecule has 5 heteroatoms. The maximum Gasteiger partial charge on any atom is 0.258 e. The molecule has 0 saturated heterocycles. The SMILES string of the molecule is CSC1CCCC(NC(=O)COc2ccccc2N)C1. The molecular formula is C15H22N2O2S. The van der Waals surface area contributed by atoms with Crippen LogP contribution in [-0.4, -0.2) is 30.1 Å². The fraction of sp³-hybridized carbons (Fsp3) is 0.533. The molecule has 2 rings (SSSR count). The zero-order chi connectivity index (χ0) is 14.4. The molecule has 1 amide bonds. The second kappa shape index (κ2) is 7.43. The minimum absolute atomic E-state index is 0.0225. The maximum absolute atomic E-state index is 11.9. The molecule has 1 saturated carbocycles. The van der Waals surface area contributed by atoms with E-state index >= 15 is 0 Å². The highest BCUT2D eigenvalue weighted by atomic mass is 32.2. The van der Waals surface area contributed by atoms with Gasteiger partial charge in [-0.15, -0.1) is 0 Å². The Labute approximate surface area is 124 Å². The first-order chi connectivity index (χ1) is 9.69. The van der Waals surface area contributed by atoms with Crippen LogP contribution in [0.3, 0.4) is 0 Å². The van der Waals surface area contributed by atoms with E-state index in [9.17, 15) is 4.79 Å². The molecule has 1 aliphatic carbocycles. The molecule has 4 nitrogen and oxygen atoms in total. The predicted octanol–water partition coefficient (Wildman–Crippen LogP) is 2.44. The monoisotopic (exact) mass is 294 g/mol. The third-order valence-electron chi connectivity index (χ3n) is 3.60. The van der Waals surface area contributed by atoms with Gasteiger partial charge in [0.2, 0.25) is 0 Å². The number of nitrogens with one attached hydrogen (secondary N) is 1. The van der Waals surface area contributed by atoms with Gasteiger partial charge in [-0.05, 0) is 37.7 Å². The molecule has 1 aliphatic rings. The Morgan fingerprint density at radius 2 is 2.25 bits per heavy atom. The molecule has 0 heterocycles. The van der Waals surface area contributed by atoms with Crippen molar-refractivity contribution in [2.24, 2.45) is 0 Å². The highest BCUT2D eigenvalue weighted by Gasteiger charge is 2.22. The van der Waals surface area contributed by atoms with Crippen LogP contribution in [0.1, 0.15) is 25.7 Å². The summed E-state index contributed by atoms with van der Waals surface area (Å²) in [4.78, 5) is 11.9. The first-order valence-corrected chi connectivity index (χ1v) is 8.27. The Kier molecular flexibility index (Phi) is 5.59. The van der Waals surface area contributed by atoms with Crippen LogP contribution in [0.5, 0.6) is 5.75 Å². The van der Waals surface area contributed by atoms with E-state index in [2.05, 4.69) is 11.6 Å². The van der Waals surface area contributed by atoms with Crippen molar-refractivity contribution in [3.8, 4) is 5.75 Å². The zero-order valence-corrected chi connectivity index (χ0v) is 12.6. The standard InChI is InChI=1S/C15H22N2O2S/c1-20-12-6-4-5-11(9-12)17-15(18)10-19-14-8-3-2-7-13(14)16/h2-3,7-8,11-12H,4-6,9-10,16H2,1H3,(H,17,18). The number of carbonyl (C=O) groups excluding carboxylic acids is 1. The Morgan fingerprint density at radius 3 is 3.00 bits per heavy atom. The van der Waals surface area contributed by atoms with Crippen molar-refractivity contribution in [1.82, 2.24) is 5.32 Å². The second-order valence-corrected chi connectivity index (χ2v) is 6.25. The topological polar surface area (TPSA) is 64.3 Å². The summed E-state index contributed by atoms with van der Waals surface area (Å²) in [5.74, 6) is 0.494. The normalized spacial score (nSPS) is 22.2. The van der Waals surface area contributed by atoms with Crippen LogP contribution < -0.4 is 15.8 Å². The molecule has 0 aromatic heterocycles.